The Labute approximate surface area is 68.2 Å². The number of alkyl halides is 1. The molecule has 1 fully saturated rings. The van der Waals surface area contributed by atoms with Crippen LogP contribution in [0.1, 0.15) is 38.5 Å². The van der Waals surface area contributed by atoms with Crippen LogP contribution in [0.3, 0.4) is 0 Å². The summed E-state index contributed by atoms with van der Waals surface area (Å²) in [6.45, 7) is 0.787. The Kier molecular flexibility index (Phi) is 3.84. The highest BCUT2D eigenvalue weighted by Crippen LogP contribution is 2.28. The first-order valence-corrected chi connectivity index (χ1v) is 4.67. The molecule has 0 spiro atoms. The Hall–Kier alpha value is -0.110. The van der Waals surface area contributed by atoms with Gasteiger partial charge in [0.2, 0.25) is 0 Å². The fourth-order valence-corrected chi connectivity index (χ4v) is 1.82. The standard InChI is InChI=1S/C9H18FN/c10-9-5-3-8(4-6-9)2-1-7-11/h8-9H,1-7,11H2. The molecule has 0 unspecified atom stereocenters. The normalized spacial score (nSPS) is 32.2. The summed E-state index contributed by atoms with van der Waals surface area (Å²) in [4.78, 5) is 0. The van der Waals surface area contributed by atoms with Gasteiger partial charge in [0.1, 0.15) is 6.17 Å². The van der Waals surface area contributed by atoms with E-state index in [9.17, 15) is 4.39 Å². The van der Waals surface area contributed by atoms with Gasteiger partial charge in [0.05, 0.1) is 0 Å². The summed E-state index contributed by atoms with van der Waals surface area (Å²) >= 11 is 0. The molecule has 1 rings (SSSR count). The Morgan fingerprint density at radius 2 is 1.82 bits per heavy atom. The zero-order valence-corrected chi connectivity index (χ0v) is 7.06. The minimum Gasteiger partial charge on any atom is -0.330 e. The maximum Gasteiger partial charge on any atom is 0.100 e. The lowest BCUT2D eigenvalue weighted by Gasteiger charge is -2.23. The van der Waals surface area contributed by atoms with Gasteiger partial charge in [0.15, 0.2) is 0 Å². The number of hydrogen-bond acceptors (Lipinski definition) is 1. The predicted octanol–water partition coefficient (Wildman–Crippen LogP) is 2.25. The van der Waals surface area contributed by atoms with Gasteiger partial charge in [-0.1, -0.05) is 0 Å². The lowest BCUT2D eigenvalue weighted by atomic mass is 9.85. The molecule has 0 heterocycles. The van der Waals surface area contributed by atoms with E-state index in [1.54, 1.807) is 0 Å². The van der Waals surface area contributed by atoms with Crippen molar-refractivity contribution in [1.29, 1.82) is 0 Å². The van der Waals surface area contributed by atoms with E-state index in [4.69, 9.17) is 5.73 Å². The van der Waals surface area contributed by atoms with E-state index in [0.29, 0.717) is 0 Å². The molecule has 0 atom stereocenters. The van der Waals surface area contributed by atoms with Gasteiger partial charge in [0, 0.05) is 0 Å². The summed E-state index contributed by atoms with van der Waals surface area (Å²) in [5.41, 5.74) is 5.40. The molecule has 11 heavy (non-hydrogen) atoms. The van der Waals surface area contributed by atoms with E-state index in [1.807, 2.05) is 0 Å². The van der Waals surface area contributed by atoms with E-state index < -0.39 is 6.17 Å². The van der Waals surface area contributed by atoms with E-state index >= 15 is 0 Å². The Balaban J connectivity index is 2.07. The summed E-state index contributed by atoms with van der Waals surface area (Å²) < 4.78 is 12.7. The minimum absolute atomic E-state index is 0.510. The highest BCUT2D eigenvalue weighted by atomic mass is 19.1. The first-order valence-electron chi connectivity index (χ1n) is 4.67. The van der Waals surface area contributed by atoms with Crippen LogP contribution < -0.4 is 5.73 Å². The fourth-order valence-electron chi connectivity index (χ4n) is 1.82. The molecule has 0 amide bonds. The second-order valence-corrected chi connectivity index (χ2v) is 3.55. The molecule has 0 aromatic rings. The van der Waals surface area contributed by atoms with Crippen molar-refractivity contribution in [2.24, 2.45) is 11.7 Å². The molecule has 0 aliphatic heterocycles. The summed E-state index contributed by atoms with van der Waals surface area (Å²) in [6, 6.07) is 0. The fraction of sp³-hybridized carbons (Fsp3) is 1.00. The zero-order valence-electron chi connectivity index (χ0n) is 7.06. The second-order valence-electron chi connectivity index (χ2n) is 3.55. The maximum absolute atomic E-state index is 12.7. The van der Waals surface area contributed by atoms with Crippen molar-refractivity contribution in [2.45, 2.75) is 44.7 Å². The zero-order chi connectivity index (χ0) is 8.10. The van der Waals surface area contributed by atoms with Crippen LogP contribution in [0, 0.1) is 5.92 Å². The lowest BCUT2D eigenvalue weighted by Crippen LogP contribution is -2.15. The molecule has 1 nitrogen and oxygen atoms in total. The highest BCUT2D eigenvalue weighted by molar-refractivity contribution is 4.71. The summed E-state index contributed by atoms with van der Waals surface area (Å²) in [5, 5.41) is 0. The third-order valence-corrected chi connectivity index (χ3v) is 2.59. The molecule has 0 saturated heterocycles. The molecule has 66 valence electrons. The van der Waals surface area contributed by atoms with Crippen LogP contribution in [0.25, 0.3) is 0 Å². The molecule has 1 aliphatic carbocycles. The third-order valence-electron chi connectivity index (χ3n) is 2.59. The molecular formula is C9H18FN. The molecule has 2 N–H and O–H groups in total. The number of rotatable bonds is 3. The average molecular weight is 159 g/mol. The molecule has 1 aliphatic rings. The third kappa shape index (κ3) is 3.19. The van der Waals surface area contributed by atoms with Gasteiger partial charge in [-0.15, -0.1) is 0 Å². The smallest absolute Gasteiger partial charge is 0.100 e. The molecular weight excluding hydrogens is 141 g/mol. The van der Waals surface area contributed by atoms with Gasteiger partial charge in [-0.3, -0.25) is 0 Å². The first-order chi connectivity index (χ1) is 5.33. The van der Waals surface area contributed by atoms with Crippen molar-refractivity contribution in [3.8, 4) is 0 Å². The number of halogens is 1. The Morgan fingerprint density at radius 1 is 1.18 bits per heavy atom. The Morgan fingerprint density at radius 3 is 2.36 bits per heavy atom. The van der Waals surface area contributed by atoms with Crippen molar-refractivity contribution in [3.05, 3.63) is 0 Å². The second kappa shape index (κ2) is 4.70. The monoisotopic (exact) mass is 159 g/mol. The van der Waals surface area contributed by atoms with Crippen molar-refractivity contribution < 1.29 is 4.39 Å². The van der Waals surface area contributed by atoms with Crippen LogP contribution in [0.5, 0.6) is 0 Å². The molecule has 0 radical (unpaired) electrons. The van der Waals surface area contributed by atoms with Gasteiger partial charge in [-0.05, 0) is 51.0 Å². The predicted molar refractivity (Wildman–Crippen MR) is 45.1 cm³/mol. The van der Waals surface area contributed by atoms with Gasteiger partial charge in [-0.2, -0.15) is 0 Å². The van der Waals surface area contributed by atoms with Gasteiger partial charge in [-0.25, -0.2) is 4.39 Å². The highest BCUT2D eigenvalue weighted by Gasteiger charge is 2.19. The lowest BCUT2D eigenvalue weighted by molar-refractivity contribution is 0.200. The topological polar surface area (TPSA) is 26.0 Å². The molecule has 0 aromatic carbocycles. The summed E-state index contributed by atoms with van der Waals surface area (Å²) in [7, 11) is 0. The quantitative estimate of drug-likeness (QED) is 0.671. The molecule has 1 saturated carbocycles. The van der Waals surface area contributed by atoms with Crippen LogP contribution >= 0.6 is 0 Å². The summed E-state index contributed by atoms with van der Waals surface area (Å²) in [5.74, 6) is 0.769. The molecule has 2 heteroatoms. The van der Waals surface area contributed by atoms with E-state index in [-0.39, 0.29) is 0 Å². The summed E-state index contributed by atoms with van der Waals surface area (Å²) in [6.07, 6.45) is 5.56. The van der Waals surface area contributed by atoms with Crippen LogP contribution in [-0.4, -0.2) is 12.7 Å². The number of hydrogen-bond donors (Lipinski definition) is 1. The van der Waals surface area contributed by atoms with E-state index in [2.05, 4.69) is 0 Å². The van der Waals surface area contributed by atoms with Crippen LogP contribution in [0.4, 0.5) is 4.39 Å². The van der Waals surface area contributed by atoms with Crippen LogP contribution in [0.15, 0.2) is 0 Å². The van der Waals surface area contributed by atoms with Gasteiger partial charge in [0.25, 0.3) is 0 Å². The Bertz CT molecular complexity index is 95.0. The minimum atomic E-state index is -0.510. The van der Waals surface area contributed by atoms with Crippen molar-refractivity contribution in [2.75, 3.05) is 6.54 Å². The molecule has 0 aromatic heterocycles. The maximum atomic E-state index is 12.7. The van der Waals surface area contributed by atoms with E-state index in [0.717, 1.165) is 44.6 Å². The average Bonchev–Trinajstić information content (AvgIpc) is 2.04. The van der Waals surface area contributed by atoms with Crippen molar-refractivity contribution in [3.63, 3.8) is 0 Å². The van der Waals surface area contributed by atoms with Crippen molar-refractivity contribution >= 4 is 0 Å². The number of nitrogens with two attached hydrogens (primary N) is 1. The largest absolute Gasteiger partial charge is 0.330 e. The first kappa shape index (κ1) is 8.98. The van der Waals surface area contributed by atoms with Crippen molar-refractivity contribution in [1.82, 2.24) is 0 Å². The van der Waals surface area contributed by atoms with Gasteiger partial charge >= 0.3 is 0 Å². The van der Waals surface area contributed by atoms with E-state index in [1.165, 1.54) is 6.42 Å². The van der Waals surface area contributed by atoms with Crippen LogP contribution in [0.2, 0.25) is 0 Å². The SMILES string of the molecule is NCCCC1CCC(F)CC1. The molecule has 0 bridgehead atoms. The van der Waals surface area contributed by atoms with Gasteiger partial charge < -0.3 is 5.73 Å². The van der Waals surface area contributed by atoms with Crippen LogP contribution in [-0.2, 0) is 0 Å².